The Hall–Kier alpha value is -2.41. The Labute approximate surface area is 173 Å². The quantitative estimate of drug-likeness (QED) is 0.664. The summed E-state index contributed by atoms with van der Waals surface area (Å²) in [5.41, 5.74) is 0.553. The molecular weight excluding hydrogens is 394 g/mol. The predicted octanol–water partition coefficient (Wildman–Crippen LogP) is 5.10. The molecule has 0 radical (unpaired) electrons. The second-order valence-electron chi connectivity index (χ2n) is 7.16. The maximum absolute atomic E-state index is 13.4. The summed E-state index contributed by atoms with van der Waals surface area (Å²) >= 11 is 1.31. The van der Waals surface area contributed by atoms with Gasteiger partial charge in [-0.25, -0.2) is 8.78 Å². The van der Waals surface area contributed by atoms with Crippen LogP contribution in [0, 0.1) is 11.6 Å². The van der Waals surface area contributed by atoms with Crippen LogP contribution in [0.1, 0.15) is 42.5 Å². The molecule has 0 spiro atoms. The van der Waals surface area contributed by atoms with Crippen molar-refractivity contribution in [3.05, 3.63) is 59.7 Å². The fourth-order valence-corrected chi connectivity index (χ4v) is 4.44. The standard InChI is InChI=1S/C22H24F2N2O2S/c1-26(16-7-3-2-4-8-16)21(27)14-29-20-10-6-5-9-17(20)22(28)25-15-11-12-18(23)19(24)13-15/h5-6,9-13,16H,2-4,7-8,14H2,1H3,(H,25,28). The van der Waals surface area contributed by atoms with Gasteiger partial charge in [-0.1, -0.05) is 31.4 Å². The van der Waals surface area contributed by atoms with Gasteiger partial charge >= 0.3 is 0 Å². The fraction of sp³-hybridized carbons (Fsp3) is 0.364. The van der Waals surface area contributed by atoms with Crippen LogP contribution in [0.5, 0.6) is 0 Å². The Bertz CT molecular complexity index is 885. The van der Waals surface area contributed by atoms with Gasteiger partial charge in [-0.2, -0.15) is 0 Å². The lowest BCUT2D eigenvalue weighted by Gasteiger charge is -2.31. The molecule has 2 aromatic carbocycles. The molecule has 29 heavy (non-hydrogen) atoms. The number of benzene rings is 2. The summed E-state index contributed by atoms with van der Waals surface area (Å²) in [7, 11) is 1.85. The molecule has 0 atom stereocenters. The number of carbonyl (C=O) groups excluding carboxylic acids is 2. The van der Waals surface area contributed by atoms with E-state index in [4.69, 9.17) is 0 Å². The molecule has 4 nitrogen and oxygen atoms in total. The summed E-state index contributed by atoms with van der Waals surface area (Å²) in [6.07, 6.45) is 5.62. The zero-order valence-corrected chi connectivity index (χ0v) is 17.1. The van der Waals surface area contributed by atoms with E-state index in [-0.39, 0.29) is 17.3 Å². The molecule has 0 heterocycles. The lowest BCUT2D eigenvalue weighted by atomic mass is 9.94. The Morgan fingerprint density at radius 3 is 2.52 bits per heavy atom. The van der Waals surface area contributed by atoms with Crippen molar-refractivity contribution < 1.29 is 18.4 Å². The maximum Gasteiger partial charge on any atom is 0.256 e. The Morgan fingerprint density at radius 1 is 1.07 bits per heavy atom. The molecule has 0 aliphatic heterocycles. The van der Waals surface area contributed by atoms with Crippen LogP contribution in [0.2, 0.25) is 0 Å². The SMILES string of the molecule is CN(C(=O)CSc1ccccc1C(=O)Nc1ccc(F)c(F)c1)C1CCCCC1. The van der Waals surface area contributed by atoms with Gasteiger partial charge in [0.1, 0.15) is 0 Å². The molecule has 0 unspecified atom stereocenters. The highest BCUT2D eigenvalue weighted by atomic mass is 32.2. The normalized spacial score (nSPS) is 14.4. The summed E-state index contributed by atoms with van der Waals surface area (Å²) in [6, 6.07) is 10.4. The van der Waals surface area contributed by atoms with Crippen molar-refractivity contribution >= 4 is 29.3 Å². The van der Waals surface area contributed by atoms with E-state index in [1.807, 2.05) is 11.9 Å². The van der Waals surface area contributed by atoms with Gasteiger partial charge in [0.2, 0.25) is 5.91 Å². The highest BCUT2D eigenvalue weighted by Crippen LogP contribution is 2.26. The smallest absolute Gasteiger partial charge is 0.256 e. The maximum atomic E-state index is 13.4. The minimum absolute atomic E-state index is 0.0396. The monoisotopic (exact) mass is 418 g/mol. The Morgan fingerprint density at radius 2 is 1.79 bits per heavy atom. The van der Waals surface area contributed by atoms with Gasteiger partial charge in [0.15, 0.2) is 11.6 Å². The first-order chi connectivity index (χ1) is 14.0. The van der Waals surface area contributed by atoms with Crippen LogP contribution in [0.25, 0.3) is 0 Å². The van der Waals surface area contributed by atoms with Crippen molar-refractivity contribution in [3.8, 4) is 0 Å². The third-order valence-electron chi connectivity index (χ3n) is 5.18. The highest BCUT2D eigenvalue weighted by Gasteiger charge is 2.22. The zero-order valence-electron chi connectivity index (χ0n) is 16.3. The molecule has 1 N–H and O–H groups in total. The number of hydrogen-bond donors (Lipinski definition) is 1. The number of nitrogens with one attached hydrogen (secondary N) is 1. The molecule has 0 saturated heterocycles. The van der Waals surface area contributed by atoms with E-state index >= 15 is 0 Å². The van der Waals surface area contributed by atoms with Crippen molar-refractivity contribution in [2.24, 2.45) is 0 Å². The molecule has 2 amide bonds. The molecule has 3 rings (SSSR count). The van der Waals surface area contributed by atoms with Gasteiger partial charge in [0, 0.05) is 29.7 Å². The minimum atomic E-state index is -1.03. The second-order valence-corrected chi connectivity index (χ2v) is 8.18. The molecule has 0 aromatic heterocycles. The molecule has 7 heteroatoms. The van der Waals surface area contributed by atoms with E-state index in [9.17, 15) is 18.4 Å². The fourth-order valence-electron chi connectivity index (χ4n) is 3.47. The summed E-state index contributed by atoms with van der Waals surface area (Å²) in [5.74, 6) is -2.16. The first kappa shape index (κ1) is 21.3. The number of amides is 2. The third-order valence-corrected chi connectivity index (χ3v) is 6.23. The summed E-state index contributed by atoms with van der Waals surface area (Å²) in [5, 5.41) is 2.57. The van der Waals surface area contributed by atoms with Crippen molar-refractivity contribution in [3.63, 3.8) is 0 Å². The number of carbonyl (C=O) groups is 2. The molecule has 2 aromatic rings. The predicted molar refractivity (Wildman–Crippen MR) is 111 cm³/mol. The lowest BCUT2D eigenvalue weighted by Crippen LogP contribution is -2.39. The highest BCUT2D eigenvalue weighted by molar-refractivity contribution is 8.00. The Balaban J connectivity index is 1.64. The average molecular weight is 419 g/mol. The molecule has 1 saturated carbocycles. The van der Waals surface area contributed by atoms with Crippen LogP contribution in [0.15, 0.2) is 47.4 Å². The van der Waals surface area contributed by atoms with Gasteiger partial charge in [-0.15, -0.1) is 11.8 Å². The number of rotatable bonds is 6. The summed E-state index contributed by atoms with van der Waals surface area (Å²) in [6.45, 7) is 0. The van der Waals surface area contributed by atoms with Crippen LogP contribution in [-0.4, -0.2) is 35.6 Å². The topological polar surface area (TPSA) is 49.4 Å². The van der Waals surface area contributed by atoms with Crippen LogP contribution >= 0.6 is 11.8 Å². The van der Waals surface area contributed by atoms with Gasteiger partial charge in [0.05, 0.1) is 11.3 Å². The number of nitrogens with zero attached hydrogens (tertiary/aromatic N) is 1. The van der Waals surface area contributed by atoms with Gasteiger partial charge in [0.25, 0.3) is 5.91 Å². The third kappa shape index (κ3) is 5.56. The Kier molecular flexibility index (Phi) is 7.25. The van der Waals surface area contributed by atoms with Crippen LogP contribution in [-0.2, 0) is 4.79 Å². The van der Waals surface area contributed by atoms with E-state index < -0.39 is 17.5 Å². The second kappa shape index (κ2) is 9.87. The zero-order chi connectivity index (χ0) is 20.8. The van der Waals surface area contributed by atoms with E-state index in [0.717, 1.165) is 37.8 Å². The summed E-state index contributed by atoms with van der Waals surface area (Å²) in [4.78, 5) is 27.7. The van der Waals surface area contributed by atoms with E-state index in [0.29, 0.717) is 16.5 Å². The number of hydrogen-bond acceptors (Lipinski definition) is 3. The summed E-state index contributed by atoms with van der Waals surface area (Å²) < 4.78 is 26.4. The molecule has 1 aliphatic carbocycles. The number of anilines is 1. The van der Waals surface area contributed by atoms with Gasteiger partial charge in [-0.05, 0) is 37.1 Å². The van der Waals surface area contributed by atoms with E-state index in [2.05, 4.69) is 5.32 Å². The van der Waals surface area contributed by atoms with Crippen LogP contribution in [0.3, 0.4) is 0 Å². The largest absolute Gasteiger partial charge is 0.342 e. The van der Waals surface area contributed by atoms with Crippen molar-refractivity contribution in [2.45, 2.75) is 43.0 Å². The van der Waals surface area contributed by atoms with Crippen LogP contribution < -0.4 is 5.32 Å². The van der Waals surface area contributed by atoms with Crippen molar-refractivity contribution in [2.75, 3.05) is 18.1 Å². The van der Waals surface area contributed by atoms with E-state index in [1.165, 1.54) is 24.2 Å². The molecule has 1 fully saturated rings. The first-order valence-corrected chi connectivity index (χ1v) is 10.7. The van der Waals surface area contributed by atoms with Gasteiger partial charge < -0.3 is 10.2 Å². The first-order valence-electron chi connectivity index (χ1n) is 9.69. The minimum Gasteiger partial charge on any atom is -0.342 e. The molecule has 0 bridgehead atoms. The molecule has 1 aliphatic rings. The van der Waals surface area contributed by atoms with Gasteiger partial charge in [-0.3, -0.25) is 9.59 Å². The van der Waals surface area contributed by atoms with Crippen LogP contribution in [0.4, 0.5) is 14.5 Å². The van der Waals surface area contributed by atoms with Crippen molar-refractivity contribution in [1.29, 1.82) is 0 Å². The average Bonchev–Trinajstić information content (AvgIpc) is 2.75. The number of halogens is 2. The number of thioether (sulfide) groups is 1. The molecule has 154 valence electrons. The lowest BCUT2D eigenvalue weighted by molar-refractivity contribution is -0.129. The van der Waals surface area contributed by atoms with Crippen molar-refractivity contribution in [1.82, 2.24) is 4.90 Å². The van der Waals surface area contributed by atoms with E-state index in [1.54, 1.807) is 24.3 Å². The molecular formula is C22H24F2N2O2S.